The normalized spacial score (nSPS) is 13.4. The second kappa shape index (κ2) is 6.38. The lowest BCUT2D eigenvalue weighted by Crippen LogP contribution is -2.43. The van der Waals surface area contributed by atoms with E-state index in [2.05, 4.69) is 43.9 Å². The third-order valence-electron chi connectivity index (χ3n) is 3.34. The molecular formula is C14H21ClOSi. The van der Waals surface area contributed by atoms with Gasteiger partial charge in [0.05, 0.1) is 6.10 Å². The molecule has 0 heterocycles. The molecule has 0 aliphatic rings. The van der Waals surface area contributed by atoms with Gasteiger partial charge in [0.1, 0.15) is 8.07 Å². The summed E-state index contributed by atoms with van der Waals surface area (Å²) < 4.78 is 0. The number of aliphatic hydroxyl groups excluding tert-OH is 1. The summed E-state index contributed by atoms with van der Waals surface area (Å²) in [5.41, 5.74) is 0. The third-order valence-corrected chi connectivity index (χ3v) is 7.49. The second-order valence-electron chi connectivity index (χ2n) is 4.94. The van der Waals surface area contributed by atoms with E-state index in [9.17, 15) is 5.11 Å². The van der Waals surface area contributed by atoms with Gasteiger partial charge in [0.15, 0.2) is 0 Å². The minimum Gasteiger partial charge on any atom is -0.392 e. The lowest BCUT2D eigenvalue weighted by molar-refractivity contribution is 0.188. The van der Waals surface area contributed by atoms with Crippen molar-refractivity contribution < 1.29 is 5.11 Å². The summed E-state index contributed by atoms with van der Waals surface area (Å²) >= 11 is 5.60. The number of hydrogen-bond acceptors (Lipinski definition) is 1. The Morgan fingerprint density at radius 1 is 1.35 bits per heavy atom. The average Bonchev–Trinajstić information content (AvgIpc) is 2.36. The lowest BCUT2D eigenvalue weighted by atomic mass is 10.2. The molecule has 0 aliphatic heterocycles. The van der Waals surface area contributed by atoms with Crippen LogP contribution < -0.4 is 5.19 Å². The van der Waals surface area contributed by atoms with Gasteiger partial charge >= 0.3 is 0 Å². The number of hydrogen-bond donors (Lipinski definition) is 1. The summed E-state index contributed by atoms with van der Waals surface area (Å²) in [5.74, 6) is 0.306. The number of benzene rings is 1. The van der Waals surface area contributed by atoms with Gasteiger partial charge in [-0.15, -0.1) is 18.2 Å². The maximum atomic E-state index is 9.49. The predicted molar refractivity (Wildman–Crippen MR) is 78.7 cm³/mol. The Hall–Kier alpha value is -0.573. The van der Waals surface area contributed by atoms with E-state index in [4.69, 9.17) is 11.6 Å². The molecule has 17 heavy (non-hydrogen) atoms. The fraction of sp³-hybridized carbons (Fsp3) is 0.429. The molecule has 0 aromatic heterocycles. The van der Waals surface area contributed by atoms with E-state index < -0.39 is 14.2 Å². The highest BCUT2D eigenvalue weighted by atomic mass is 35.5. The fourth-order valence-corrected chi connectivity index (χ4v) is 4.15. The molecule has 1 atom stereocenters. The molecule has 1 rings (SSSR count). The molecule has 0 fully saturated rings. The van der Waals surface area contributed by atoms with E-state index >= 15 is 0 Å². The molecule has 1 aromatic rings. The van der Waals surface area contributed by atoms with Crippen molar-refractivity contribution in [3.63, 3.8) is 0 Å². The standard InChI is InChI=1S/C14H21ClOSi/c1-12(9-10-13(16)11-15)17(2,3)14-7-5-4-6-8-14/h4-8,13,16H,1,9-11H2,2-3H3. The molecule has 0 saturated heterocycles. The van der Waals surface area contributed by atoms with Crippen LogP contribution in [0.25, 0.3) is 0 Å². The summed E-state index contributed by atoms with van der Waals surface area (Å²) in [6.45, 7) is 8.82. The predicted octanol–water partition coefficient (Wildman–Crippen LogP) is 3.08. The Labute approximate surface area is 110 Å². The summed E-state index contributed by atoms with van der Waals surface area (Å²) in [7, 11) is -1.61. The van der Waals surface area contributed by atoms with E-state index in [1.165, 1.54) is 10.4 Å². The van der Waals surface area contributed by atoms with Gasteiger partial charge in [0, 0.05) is 5.88 Å². The van der Waals surface area contributed by atoms with Gasteiger partial charge in [-0.1, -0.05) is 53.8 Å². The SMILES string of the molecule is C=C(CCC(O)CCl)[Si](C)(C)c1ccccc1. The Kier molecular flexibility index (Phi) is 5.44. The summed E-state index contributed by atoms with van der Waals surface area (Å²) in [5, 5.41) is 12.2. The molecule has 1 unspecified atom stereocenters. The quantitative estimate of drug-likeness (QED) is 0.621. The van der Waals surface area contributed by atoms with Crippen molar-refractivity contribution in [2.75, 3.05) is 5.88 Å². The highest BCUT2D eigenvalue weighted by Gasteiger charge is 2.26. The van der Waals surface area contributed by atoms with Crippen LogP contribution in [0.2, 0.25) is 13.1 Å². The zero-order chi connectivity index (χ0) is 12.9. The van der Waals surface area contributed by atoms with Gasteiger partial charge < -0.3 is 5.11 Å². The van der Waals surface area contributed by atoms with Gasteiger partial charge in [0.2, 0.25) is 0 Å². The molecule has 3 heteroatoms. The largest absolute Gasteiger partial charge is 0.392 e. The monoisotopic (exact) mass is 268 g/mol. The maximum Gasteiger partial charge on any atom is 0.106 e. The van der Waals surface area contributed by atoms with E-state index in [0.29, 0.717) is 12.3 Å². The van der Waals surface area contributed by atoms with E-state index in [1.807, 2.05) is 6.07 Å². The van der Waals surface area contributed by atoms with Gasteiger partial charge in [-0.3, -0.25) is 0 Å². The lowest BCUT2D eigenvalue weighted by Gasteiger charge is -2.26. The molecule has 0 bridgehead atoms. The number of allylic oxidation sites excluding steroid dienone is 1. The van der Waals surface area contributed by atoms with Crippen LogP contribution in [0.4, 0.5) is 0 Å². The van der Waals surface area contributed by atoms with Crippen molar-refractivity contribution >= 4 is 24.9 Å². The average molecular weight is 269 g/mol. The molecular weight excluding hydrogens is 248 g/mol. The highest BCUT2D eigenvalue weighted by Crippen LogP contribution is 2.19. The summed E-state index contributed by atoms with van der Waals surface area (Å²) in [6.07, 6.45) is 1.17. The van der Waals surface area contributed by atoms with Crippen molar-refractivity contribution in [3.8, 4) is 0 Å². The minimum atomic E-state index is -1.61. The van der Waals surface area contributed by atoms with Crippen molar-refractivity contribution in [1.29, 1.82) is 0 Å². The Balaban J connectivity index is 2.67. The van der Waals surface area contributed by atoms with Gasteiger partial charge in [-0.25, -0.2) is 0 Å². The molecule has 0 radical (unpaired) electrons. The molecule has 1 aromatic carbocycles. The molecule has 1 N–H and O–H groups in total. The number of aliphatic hydroxyl groups is 1. The van der Waals surface area contributed by atoms with Crippen LogP contribution in [0.15, 0.2) is 42.1 Å². The topological polar surface area (TPSA) is 20.2 Å². The third kappa shape index (κ3) is 3.98. The van der Waals surface area contributed by atoms with Crippen LogP contribution in [-0.2, 0) is 0 Å². The Bertz CT molecular complexity index is 362. The Morgan fingerprint density at radius 2 is 1.94 bits per heavy atom. The van der Waals surface area contributed by atoms with Crippen molar-refractivity contribution in [2.45, 2.75) is 32.0 Å². The summed E-state index contributed by atoms with van der Waals surface area (Å²) in [4.78, 5) is 0. The molecule has 0 saturated carbocycles. The molecule has 0 aliphatic carbocycles. The fourth-order valence-electron chi connectivity index (χ4n) is 1.79. The first-order valence-electron chi connectivity index (χ1n) is 5.96. The van der Waals surface area contributed by atoms with Crippen LogP contribution in [0.3, 0.4) is 0 Å². The molecule has 0 amide bonds. The zero-order valence-electron chi connectivity index (χ0n) is 10.6. The van der Waals surface area contributed by atoms with Crippen LogP contribution in [-0.4, -0.2) is 25.2 Å². The number of alkyl halides is 1. The van der Waals surface area contributed by atoms with Gasteiger partial charge in [-0.2, -0.15) is 0 Å². The van der Waals surface area contributed by atoms with E-state index in [1.54, 1.807) is 0 Å². The maximum absolute atomic E-state index is 9.49. The molecule has 1 nitrogen and oxygen atoms in total. The molecule has 0 spiro atoms. The first kappa shape index (κ1) is 14.5. The van der Waals surface area contributed by atoms with Gasteiger partial charge in [-0.05, 0) is 12.8 Å². The first-order valence-corrected chi connectivity index (χ1v) is 9.49. The number of halogens is 1. The summed E-state index contributed by atoms with van der Waals surface area (Å²) in [6, 6.07) is 10.5. The van der Waals surface area contributed by atoms with Crippen molar-refractivity contribution in [3.05, 3.63) is 42.1 Å². The van der Waals surface area contributed by atoms with Crippen molar-refractivity contribution in [2.24, 2.45) is 0 Å². The van der Waals surface area contributed by atoms with Gasteiger partial charge in [0.25, 0.3) is 0 Å². The Morgan fingerprint density at radius 3 is 2.47 bits per heavy atom. The zero-order valence-corrected chi connectivity index (χ0v) is 12.4. The molecule has 94 valence electrons. The van der Waals surface area contributed by atoms with Crippen LogP contribution >= 0.6 is 11.6 Å². The van der Waals surface area contributed by atoms with Crippen LogP contribution in [0, 0.1) is 0 Å². The second-order valence-corrected chi connectivity index (χ2v) is 9.78. The smallest absolute Gasteiger partial charge is 0.106 e. The van der Waals surface area contributed by atoms with E-state index in [0.717, 1.165) is 6.42 Å². The minimum absolute atomic E-state index is 0.306. The van der Waals surface area contributed by atoms with Crippen LogP contribution in [0.5, 0.6) is 0 Å². The van der Waals surface area contributed by atoms with Crippen LogP contribution in [0.1, 0.15) is 12.8 Å². The highest BCUT2D eigenvalue weighted by molar-refractivity contribution is 6.95. The number of rotatable bonds is 6. The van der Waals surface area contributed by atoms with E-state index in [-0.39, 0.29) is 0 Å². The van der Waals surface area contributed by atoms with Crippen molar-refractivity contribution in [1.82, 2.24) is 0 Å². The first-order chi connectivity index (χ1) is 7.98.